The molecule has 0 aliphatic carbocycles. The number of ether oxygens (including phenoxy) is 1. The van der Waals surface area contributed by atoms with E-state index in [1.165, 1.54) is 12.1 Å². The number of allylic oxidation sites excluding steroid dienone is 1. The average molecular weight is 266 g/mol. The first-order chi connectivity index (χ1) is 9.72. The molecule has 0 bridgehead atoms. The van der Waals surface area contributed by atoms with Crippen molar-refractivity contribution < 1.29 is 13.9 Å². The Balaban J connectivity index is 1.93. The zero-order chi connectivity index (χ0) is 13.9. The second kappa shape index (κ2) is 5.13. The SMILES string of the molecule is O=C1O/C(=C\c2ccccc2)C=C1c1ccc(F)cc1. The lowest BCUT2D eigenvalue weighted by Gasteiger charge is -1.98. The molecule has 0 atom stereocenters. The maximum absolute atomic E-state index is 12.9. The molecule has 2 nitrogen and oxygen atoms in total. The van der Waals surface area contributed by atoms with E-state index in [2.05, 4.69) is 0 Å². The number of cyclic esters (lactones) is 1. The summed E-state index contributed by atoms with van der Waals surface area (Å²) in [4.78, 5) is 11.8. The van der Waals surface area contributed by atoms with Gasteiger partial charge in [-0.15, -0.1) is 0 Å². The molecule has 3 heteroatoms. The molecule has 0 fully saturated rings. The number of benzene rings is 2. The molecule has 0 N–H and O–H groups in total. The lowest BCUT2D eigenvalue weighted by molar-refractivity contribution is -0.131. The van der Waals surface area contributed by atoms with Gasteiger partial charge in [-0.3, -0.25) is 0 Å². The van der Waals surface area contributed by atoms with Gasteiger partial charge in [-0.05, 0) is 35.4 Å². The number of carbonyl (C=O) groups excluding carboxylic acids is 1. The fourth-order valence-electron chi connectivity index (χ4n) is 2.01. The Morgan fingerprint density at radius 2 is 1.65 bits per heavy atom. The van der Waals surface area contributed by atoms with Gasteiger partial charge in [0.1, 0.15) is 11.6 Å². The second-order valence-corrected chi connectivity index (χ2v) is 4.41. The van der Waals surface area contributed by atoms with E-state index in [0.717, 1.165) is 5.56 Å². The fourth-order valence-corrected chi connectivity index (χ4v) is 2.01. The zero-order valence-electron chi connectivity index (χ0n) is 10.5. The van der Waals surface area contributed by atoms with Crippen LogP contribution in [0, 0.1) is 5.82 Å². The van der Waals surface area contributed by atoms with Gasteiger partial charge in [-0.1, -0.05) is 42.5 Å². The molecule has 2 aromatic rings. The largest absolute Gasteiger partial charge is 0.423 e. The number of hydrogen-bond acceptors (Lipinski definition) is 2. The monoisotopic (exact) mass is 266 g/mol. The minimum atomic E-state index is -0.418. The van der Waals surface area contributed by atoms with Crippen LogP contribution in [-0.2, 0) is 9.53 Å². The van der Waals surface area contributed by atoms with Crippen LogP contribution in [-0.4, -0.2) is 5.97 Å². The van der Waals surface area contributed by atoms with E-state index in [4.69, 9.17) is 4.74 Å². The summed E-state index contributed by atoms with van der Waals surface area (Å²) in [6.45, 7) is 0. The topological polar surface area (TPSA) is 26.3 Å². The Morgan fingerprint density at radius 3 is 2.35 bits per heavy atom. The van der Waals surface area contributed by atoms with E-state index in [-0.39, 0.29) is 5.82 Å². The van der Waals surface area contributed by atoms with Crippen molar-refractivity contribution in [1.82, 2.24) is 0 Å². The third-order valence-electron chi connectivity index (χ3n) is 2.98. The number of carbonyl (C=O) groups is 1. The van der Waals surface area contributed by atoms with Crippen molar-refractivity contribution in [2.45, 2.75) is 0 Å². The standard InChI is InChI=1S/C17H11FO2/c18-14-8-6-13(7-9-14)16-11-15(20-17(16)19)10-12-4-2-1-3-5-12/h1-11H/b15-10-. The van der Waals surface area contributed by atoms with Gasteiger partial charge in [0, 0.05) is 0 Å². The molecule has 1 aliphatic heterocycles. The Labute approximate surface area is 115 Å². The van der Waals surface area contributed by atoms with Crippen molar-refractivity contribution in [2.75, 3.05) is 0 Å². The highest BCUT2D eigenvalue weighted by atomic mass is 19.1. The summed E-state index contributed by atoms with van der Waals surface area (Å²) in [6, 6.07) is 15.4. The Morgan fingerprint density at radius 1 is 0.950 bits per heavy atom. The van der Waals surface area contributed by atoms with Crippen molar-refractivity contribution in [3.05, 3.63) is 83.4 Å². The molecule has 3 rings (SSSR count). The van der Waals surface area contributed by atoms with Gasteiger partial charge in [0.2, 0.25) is 0 Å². The molecule has 1 aliphatic rings. The predicted molar refractivity (Wildman–Crippen MR) is 74.9 cm³/mol. The minimum Gasteiger partial charge on any atom is -0.423 e. The highest BCUT2D eigenvalue weighted by Gasteiger charge is 2.22. The quantitative estimate of drug-likeness (QED) is 0.773. The summed E-state index contributed by atoms with van der Waals surface area (Å²) >= 11 is 0. The zero-order valence-corrected chi connectivity index (χ0v) is 10.5. The van der Waals surface area contributed by atoms with E-state index in [0.29, 0.717) is 16.9 Å². The number of hydrogen-bond donors (Lipinski definition) is 0. The molecule has 20 heavy (non-hydrogen) atoms. The molecule has 0 saturated carbocycles. The third kappa shape index (κ3) is 2.52. The summed E-state index contributed by atoms with van der Waals surface area (Å²) in [6.07, 6.45) is 3.46. The minimum absolute atomic E-state index is 0.333. The van der Waals surface area contributed by atoms with Gasteiger partial charge >= 0.3 is 5.97 Å². The van der Waals surface area contributed by atoms with Gasteiger partial charge in [0.15, 0.2) is 0 Å². The van der Waals surface area contributed by atoms with Crippen LogP contribution in [0.3, 0.4) is 0 Å². The molecule has 0 radical (unpaired) electrons. The number of esters is 1. The lowest BCUT2D eigenvalue weighted by atomic mass is 10.1. The van der Waals surface area contributed by atoms with Crippen molar-refractivity contribution in [3.63, 3.8) is 0 Å². The summed E-state index contributed by atoms with van der Waals surface area (Å²) < 4.78 is 18.1. The molecule has 98 valence electrons. The lowest BCUT2D eigenvalue weighted by Crippen LogP contribution is -1.98. The highest BCUT2D eigenvalue weighted by Crippen LogP contribution is 2.27. The molecule has 0 saturated heterocycles. The number of rotatable bonds is 2. The summed E-state index contributed by atoms with van der Waals surface area (Å²) in [5.41, 5.74) is 2.03. The maximum Gasteiger partial charge on any atom is 0.344 e. The molecule has 0 amide bonds. The fraction of sp³-hybridized carbons (Fsp3) is 0. The molecule has 0 aromatic heterocycles. The first kappa shape index (κ1) is 12.4. The van der Waals surface area contributed by atoms with E-state index >= 15 is 0 Å². The van der Waals surface area contributed by atoms with Crippen LogP contribution >= 0.6 is 0 Å². The molecule has 1 heterocycles. The van der Waals surface area contributed by atoms with Crippen LogP contribution in [0.5, 0.6) is 0 Å². The van der Waals surface area contributed by atoms with Crippen molar-refractivity contribution in [1.29, 1.82) is 0 Å². The van der Waals surface area contributed by atoms with Crippen molar-refractivity contribution in [2.24, 2.45) is 0 Å². The van der Waals surface area contributed by atoms with Crippen LogP contribution < -0.4 is 0 Å². The molecule has 2 aromatic carbocycles. The van der Waals surface area contributed by atoms with Crippen molar-refractivity contribution in [3.8, 4) is 0 Å². The Bertz CT molecular complexity index is 698. The van der Waals surface area contributed by atoms with E-state index < -0.39 is 5.97 Å². The summed E-state index contributed by atoms with van der Waals surface area (Å²) in [7, 11) is 0. The third-order valence-corrected chi connectivity index (χ3v) is 2.98. The molecular weight excluding hydrogens is 255 g/mol. The molecule has 0 spiro atoms. The van der Waals surface area contributed by atoms with Crippen LogP contribution in [0.15, 0.2) is 66.4 Å². The normalized spacial score (nSPS) is 16.1. The van der Waals surface area contributed by atoms with Crippen LogP contribution in [0.2, 0.25) is 0 Å². The first-order valence-corrected chi connectivity index (χ1v) is 6.19. The van der Waals surface area contributed by atoms with Gasteiger partial charge < -0.3 is 4.74 Å². The van der Waals surface area contributed by atoms with Crippen LogP contribution in [0.1, 0.15) is 11.1 Å². The van der Waals surface area contributed by atoms with E-state index in [1.54, 1.807) is 24.3 Å². The average Bonchev–Trinajstić information content (AvgIpc) is 2.81. The van der Waals surface area contributed by atoms with Crippen LogP contribution in [0.25, 0.3) is 11.6 Å². The van der Waals surface area contributed by atoms with Gasteiger partial charge in [-0.25, -0.2) is 9.18 Å². The molecule has 0 unspecified atom stereocenters. The number of halogens is 1. The van der Waals surface area contributed by atoms with Gasteiger partial charge in [0.05, 0.1) is 5.57 Å². The van der Waals surface area contributed by atoms with Gasteiger partial charge in [0.25, 0.3) is 0 Å². The van der Waals surface area contributed by atoms with E-state index in [1.807, 2.05) is 30.3 Å². The Kier molecular flexibility index (Phi) is 3.17. The predicted octanol–water partition coefficient (Wildman–Crippen LogP) is 3.81. The highest BCUT2D eigenvalue weighted by molar-refractivity contribution is 6.19. The summed E-state index contributed by atoms with van der Waals surface area (Å²) in [5.74, 6) is -0.264. The Hall–Kier alpha value is -2.68. The smallest absolute Gasteiger partial charge is 0.344 e. The first-order valence-electron chi connectivity index (χ1n) is 6.19. The summed E-state index contributed by atoms with van der Waals surface area (Å²) in [5, 5.41) is 0. The van der Waals surface area contributed by atoms with Crippen molar-refractivity contribution >= 4 is 17.6 Å². The van der Waals surface area contributed by atoms with E-state index in [9.17, 15) is 9.18 Å². The maximum atomic E-state index is 12.9. The van der Waals surface area contributed by atoms with Crippen LogP contribution in [0.4, 0.5) is 4.39 Å². The second-order valence-electron chi connectivity index (χ2n) is 4.41. The molecular formula is C17H11FO2. The van der Waals surface area contributed by atoms with Gasteiger partial charge in [-0.2, -0.15) is 0 Å².